The standard InChI is InChI=1S/C14H15NO2S/c1-16-10-4-5-12(14(8-10)17-2)13-9-11(18-3)6-7-15-13/h4-9H,1-3H3. The maximum Gasteiger partial charge on any atom is 0.131 e. The smallest absolute Gasteiger partial charge is 0.131 e. The van der Waals surface area contributed by atoms with Crippen LogP contribution in [0, 0.1) is 0 Å². The number of hydrogen-bond donors (Lipinski definition) is 0. The molecule has 0 aliphatic heterocycles. The lowest BCUT2D eigenvalue weighted by Gasteiger charge is -2.10. The summed E-state index contributed by atoms with van der Waals surface area (Å²) in [5, 5.41) is 0. The van der Waals surface area contributed by atoms with E-state index < -0.39 is 0 Å². The lowest BCUT2D eigenvalue weighted by atomic mass is 10.1. The van der Waals surface area contributed by atoms with Gasteiger partial charge in [-0.15, -0.1) is 11.8 Å². The minimum Gasteiger partial charge on any atom is -0.497 e. The first-order valence-electron chi connectivity index (χ1n) is 5.51. The van der Waals surface area contributed by atoms with E-state index in [2.05, 4.69) is 11.1 Å². The van der Waals surface area contributed by atoms with Gasteiger partial charge in [-0.3, -0.25) is 4.98 Å². The third-order valence-corrected chi connectivity index (χ3v) is 3.38. The van der Waals surface area contributed by atoms with Crippen LogP contribution in [0.4, 0.5) is 0 Å². The highest BCUT2D eigenvalue weighted by atomic mass is 32.2. The quantitative estimate of drug-likeness (QED) is 0.788. The van der Waals surface area contributed by atoms with E-state index in [9.17, 15) is 0 Å². The SMILES string of the molecule is COc1ccc(-c2cc(SC)ccn2)c(OC)c1. The molecule has 0 amide bonds. The van der Waals surface area contributed by atoms with Gasteiger partial charge in [-0.2, -0.15) is 0 Å². The van der Waals surface area contributed by atoms with Crippen LogP contribution in [0.3, 0.4) is 0 Å². The van der Waals surface area contributed by atoms with Crippen molar-refractivity contribution in [2.45, 2.75) is 4.90 Å². The molecule has 0 bridgehead atoms. The van der Waals surface area contributed by atoms with Crippen molar-refractivity contribution in [3.63, 3.8) is 0 Å². The Hall–Kier alpha value is -1.68. The third kappa shape index (κ3) is 2.59. The summed E-state index contributed by atoms with van der Waals surface area (Å²) in [6.07, 6.45) is 3.86. The van der Waals surface area contributed by atoms with Crippen molar-refractivity contribution >= 4 is 11.8 Å². The Bertz CT molecular complexity index is 543. The number of rotatable bonds is 4. The van der Waals surface area contributed by atoms with E-state index in [0.717, 1.165) is 22.8 Å². The summed E-state index contributed by atoms with van der Waals surface area (Å²) in [7, 11) is 3.29. The predicted octanol–water partition coefficient (Wildman–Crippen LogP) is 3.49. The molecule has 0 spiro atoms. The Kier molecular flexibility index (Phi) is 4.10. The number of aromatic nitrogens is 1. The Morgan fingerprint density at radius 1 is 1.06 bits per heavy atom. The first-order chi connectivity index (χ1) is 8.78. The monoisotopic (exact) mass is 261 g/mol. The largest absolute Gasteiger partial charge is 0.497 e. The van der Waals surface area contributed by atoms with Crippen LogP contribution in [-0.2, 0) is 0 Å². The van der Waals surface area contributed by atoms with Crippen molar-refractivity contribution in [1.29, 1.82) is 0 Å². The minimum absolute atomic E-state index is 0.764. The van der Waals surface area contributed by atoms with E-state index >= 15 is 0 Å². The van der Waals surface area contributed by atoms with Gasteiger partial charge in [-0.05, 0) is 30.5 Å². The molecule has 0 aliphatic carbocycles. The summed E-state index contributed by atoms with van der Waals surface area (Å²) >= 11 is 1.69. The molecule has 0 atom stereocenters. The molecule has 0 unspecified atom stereocenters. The summed E-state index contributed by atoms with van der Waals surface area (Å²) in [5.41, 5.74) is 1.87. The van der Waals surface area contributed by atoms with Gasteiger partial charge >= 0.3 is 0 Å². The highest BCUT2D eigenvalue weighted by Gasteiger charge is 2.09. The van der Waals surface area contributed by atoms with Crippen molar-refractivity contribution in [1.82, 2.24) is 4.98 Å². The van der Waals surface area contributed by atoms with Gasteiger partial charge in [0.25, 0.3) is 0 Å². The fraction of sp³-hybridized carbons (Fsp3) is 0.214. The second-order valence-corrected chi connectivity index (χ2v) is 4.53. The van der Waals surface area contributed by atoms with Crippen LogP contribution in [0.1, 0.15) is 0 Å². The normalized spacial score (nSPS) is 10.2. The molecule has 0 saturated carbocycles. The summed E-state index contributed by atoms with van der Waals surface area (Å²) in [4.78, 5) is 5.57. The van der Waals surface area contributed by atoms with Gasteiger partial charge in [0, 0.05) is 22.7 Å². The van der Waals surface area contributed by atoms with Crippen LogP contribution in [0.2, 0.25) is 0 Å². The number of ether oxygens (including phenoxy) is 2. The number of thioether (sulfide) groups is 1. The Morgan fingerprint density at radius 3 is 2.56 bits per heavy atom. The van der Waals surface area contributed by atoms with Crippen molar-refractivity contribution in [3.05, 3.63) is 36.5 Å². The molecule has 4 heteroatoms. The van der Waals surface area contributed by atoms with E-state index in [1.165, 1.54) is 4.90 Å². The number of pyridine rings is 1. The second-order valence-electron chi connectivity index (χ2n) is 3.65. The van der Waals surface area contributed by atoms with Crippen LogP contribution < -0.4 is 9.47 Å². The van der Waals surface area contributed by atoms with Crippen LogP contribution in [0.25, 0.3) is 11.3 Å². The summed E-state index contributed by atoms with van der Waals surface area (Å²) in [5.74, 6) is 1.54. The molecule has 0 fully saturated rings. The number of methoxy groups -OCH3 is 2. The van der Waals surface area contributed by atoms with E-state index in [4.69, 9.17) is 9.47 Å². The molecule has 1 heterocycles. The van der Waals surface area contributed by atoms with E-state index in [1.54, 1.807) is 26.0 Å². The molecule has 94 valence electrons. The van der Waals surface area contributed by atoms with Crippen LogP contribution >= 0.6 is 11.8 Å². The molecule has 0 saturated heterocycles. The lowest BCUT2D eigenvalue weighted by molar-refractivity contribution is 0.395. The topological polar surface area (TPSA) is 31.4 Å². The molecule has 0 aliphatic rings. The molecule has 18 heavy (non-hydrogen) atoms. The van der Waals surface area contributed by atoms with E-state index in [0.29, 0.717) is 0 Å². The Balaban J connectivity index is 2.48. The molecule has 3 nitrogen and oxygen atoms in total. The minimum atomic E-state index is 0.764. The fourth-order valence-corrected chi connectivity index (χ4v) is 2.12. The zero-order valence-electron chi connectivity index (χ0n) is 10.6. The van der Waals surface area contributed by atoms with Gasteiger partial charge in [-0.25, -0.2) is 0 Å². The van der Waals surface area contributed by atoms with Crippen molar-refractivity contribution in [3.8, 4) is 22.8 Å². The van der Waals surface area contributed by atoms with Gasteiger partial charge in [0.1, 0.15) is 11.5 Å². The van der Waals surface area contributed by atoms with Crippen molar-refractivity contribution in [2.24, 2.45) is 0 Å². The van der Waals surface area contributed by atoms with E-state index in [-0.39, 0.29) is 0 Å². The second kappa shape index (κ2) is 5.78. The lowest BCUT2D eigenvalue weighted by Crippen LogP contribution is -1.92. The number of hydrogen-bond acceptors (Lipinski definition) is 4. The molecule has 1 aromatic heterocycles. The summed E-state index contributed by atoms with van der Waals surface area (Å²) in [6.45, 7) is 0. The number of benzene rings is 1. The maximum atomic E-state index is 5.39. The Labute approximate surface area is 111 Å². The van der Waals surface area contributed by atoms with Gasteiger partial charge in [0.15, 0.2) is 0 Å². The molecular weight excluding hydrogens is 246 g/mol. The predicted molar refractivity (Wildman–Crippen MR) is 74.6 cm³/mol. The molecule has 0 radical (unpaired) electrons. The van der Waals surface area contributed by atoms with Gasteiger partial charge in [0.2, 0.25) is 0 Å². The first-order valence-corrected chi connectivity index (χ1v) is 6.73. The number of nitrogens with zero attached hydrogens (tertiary/aromatic N) is 1. The first kappa shape index (κ1) is 12.8. The summed E-state index contributed by atoms with van der Waals surface area (Å²) < 4.78 is 10.6. The van der Waals surface area contributed by atoms with Crippen LogP contribution in [0.5, 0.6) is 11.5 Å². The van der Waals surface area contributed by atoms with Crippen LogP contribution in [0.15, 0.2) is 41.4 Å². The third-order valence-electron chi connectivity index (χ3n) is 2.65. The Morgan fingerprint density at radius 2 is 1.89 bits per heavy atom. The average molecular weight is 261 g/mol. The molecule has 2 aromatic rings. The van der Waals surface area contributed by atoms with Gasteiger partial charge in [-0.1, -0.05) is 0 Å². The molecular formula is C14H15NO2S. The van der Waals surface area contributed by atoms with Crippen molar-refractivity contribution < 1.29 is 9.47 Å². The average Bonchev–Trinajstić information content (AvgIpc) is 2.46. The molecule has 0 N–H and O–H groups in total. The highest BCUT2D eigenvalue weighted by molar-refractivity contribution is 7.98. The van der Waals surface area contributed by atoms with E-state index in [1.807, 2.05) is 36.7 Å². The van der Waals surface area contributed by atoms with Crippen molar-refractivity contribution in [2.75, 3.05) is 20.5 Å². The maximum absolute atomic E-state index is 5.39. The fourth-order valence-electron chi connectivity index (χ4n) is 1.70. The van der Waals surface area contributed by atoms with Gasteiger partial charge < -0.3 is 9.47 Å². The van der Waals surface area contributed by atoms with Gasteiger partial charge in [0.05, 0.1) is 19.9 Å². The highest BCUT2D eigenvalue weighted by Crippen LogP contribution is 2.33. The van der Waals surface area contributed by atoms with Crippen LogP contribution in [-0.4, -0.2) is 25.5 Å². The zero-order valence-corrected chi connectivity index (χ0v) is 11.5. The molecule has 2 rings (SSSR count). The zero-order chi connectivity index (χ0) is 13.0. The molecule has 1 aromatic carbocycles. The summed E-state index contributed by atoms with van der Waals surface area (Å²) in [6, 6.07) is 9.78.